The number of nitrogens with zero attached hydrogens (tertiary/aromatic N) is 3. The van der Waals surface area contributed by atoms with Crippen LogP contribution in [0.1, 0.15) is 5.69 Å². The highest BCUT2D eigenvalue weighted by Gasteiger charge is 1.92. The van der Waals surface area contributed by atoms with Gasteiger partial charge in [-0.05, 0) is 12.1 Å². The Hall–Kier alpha value is -1.68. The molecule has 0 bridgehead atoms. The van der Waals surface area contributed by atoms with Crippen LogP contribution in [0.5, 0.6) is 0 Å². The molecule has 0 radical (unpaired) electrons. The van der Waals surface area contributed by atoms with Gasteiger partial charge in [0.05, 0.1) is 12.0 Å². The normalized spacial score (nSPS) is 10.4. The van der Waals surface area contributed by atoms with Crippen molar-refractivity contribution in [1.82, 2.24) is 19.9 Å². The van der Waals surface area contributed by atoms with Crippen molar-refractivity contribution in [2.24, 2.45) is 0 Å². The van der Waals surface area contributed by atoms with E-state index in [0.717, 1.165) is 25.3 Å². The number of imidazole rings is 1. The quantitative estimate of drug-likeness (QED) is 0.737. The second kappa shape index (κ2) is 5.26. The van der Waals surface area contributed by atoms with Crippen LogP contribution in [0.2, 0.25) is 0 Å². The molecule has 0 aliphatic rings. The predicted octanol–water partition coefficient (Wildman–Crippen LogP) is 1.07. The van der Waals surface area contributed by atoms with E-state index < -0.39 is 0 Å². The van der Waals surface area contributed by atoms with Crippen LogP contribution in [0.25, 0.3) is 0 Å². The van der Waals surface area contributed by atoms with E-state index in [9.17, 15) is 0 Å². The number of hydrogen-bond donors (Lipinski definition) is 1. The van der Waals surface area contributed by atoms with Crippen molar-refractivity contribution in [3.63, 3.8) is 0 Å². The molecular formula is C11H14N4. The Morgan fingerprint density at radius 1 is 1.27 bits per heavy atom. The van der Waals surface area contributed by atoms with Gasteiger partial charge in [-0.2, -0.15) is 0 Å². The fourth-order valence-corrected chi connectivity index (χ4v) is 1.35. The van der Waals surface area contributed by atoms with Gasteiger partial charge in [0.2, 0.25) is 0 Å². The largest absolute Gasteiger partial charge is 0.336 e. The zero-order valence-electron chi connectivity index (χ0n) is 8.50. The van der Waals surface area contributed by atoms with E-state index in [4.69, 9.17) is 0 Å². The molecule has 0 saturated carbocycles. The third-order valence-electron chi connectivity index (χ3n) is 2.14. The van der Waals surface area contributed by atoms with Crippen LogP contribution in [0.4, 0.5) is 0 Å². The van der Waals surface area contributed by atoms with E-state index >= 15 is 0 Å². The lowest BCUT2D eigenvalue weighted by Crippen LogP contribution is -2.19. The first kappa shape index (κ1) is 9.86. The van der Waals surface area contributed by atoms with Crippen molar-refractivity contribution in [3.05, 3.63) is 48.8 Å². The molecule has 15 heavy (non-hydrogen) atoms. The lowest BCUT2D eigenvalue weighted by molar-refractivity contribution is 0.592. The van der Waals surface area contributed by atoms with Crippen LogP contribution in [-0.4, -0.2) is 21.1 Å². The van der Waals surface area contributed by atoms with Crippen LogP contribution in [0.3, 0.4) is 0 Å². The molecule has 4 heteroatoms. The minimum Gasteiger partial charge on any atom is -0.336 e. The molecule has 0 amide bonds. The van der Waals surface area contributed by atoms with E-state index in [1.54, 1.807) is 6.20 Å². The Kier molecular flexibility index (Phi) is 3.46. The molecule has 0 fully saturated rings. The molecule has 2 heterocycles. The number of nitrogens with one attached hydrogen (secondary N) is 1. The van der Waals surface area contributed by atoms with Gasteiger partial charge < -0.3 is 9.88 Å². The first-order valence-corrected chi connectivity index (χ1v) is 5.01. The van der Waals surface area contributed by atoms with Gasteiger partial charge in [-0.1, -0.05) is 6.07 Å². The Bertz CT molecular complexity index is 369. The molecule has 0 saturated heterocycles. The molecular weight excluding hydrogens is 188 g/mol. The summed E-state index contributed by atoms with van der Waals surface area (Å²) in [6.45, 7) is 2.68. The Morgan fingerprint density at radius 3 is 3.00 bits per heavy atom. The molecule has 0 spiro atoms. The Labute approximate surface area is 89.0 Å². The molecule has 0 aliphatic carbocycles. The van der Waals surface area contributed by atoms with Crippen molar-refractivity contribution in [1.29, 1.82) is 0 Å². The van der Waals surface area contributed by atoms with Crippen molar-refractivity contribution in [3.8, 4) is 0 Å². The first-order chi connectivity index (χ1) is 7.45. The van der Waals surface area contributed by atoms with E-state index in [1.807, 2.05) is 41.5 Å². The van der Waals surface area contributed by atoms with Gasteiger partial charge in [0.1, 0.15) is 0 Å². The number of rotatable bonds is 5. The third kappa shape index (κ3) is 3.18. The minimum absolute atomic E-state index is 0.815. The molecule has 1 N–H and O–H groups in total. The van der Waals surface area contributed by atoms with Crippen LogP contribution >= 0.6 is 0 Å². The summed E-state index contributed by atoms with van der Waals surface area (Å²) in [4.78, 5) is 8.21. The van der Waals surface area contributed by atoms with Crippen LogP contribution in [0, 0.1) is 0 Å². The van der Waals surface area contributed by atoms with E-state index in [1.165, 1.54) is 0 Å². The van der Waals surface area contributed by atoms with Crippen LogP contribution in [-0.2, 0) is 13.1 Å². The summed E-state index contributed by atoms with van der Waals surface area (Å²) in [6, 6.07) is 5.94. The molecule has 2 aromatic rings. The number of pyridine rings is 1. The molecule has 2 rings (SSSR count). The van der Waals surface area contributed by atoms with Gasteiger partial charge in [-0.3, -0.25) is 4.98 Å². The zero-order valence-corrected chi connectivity index (χ0v) is 8.50. The lowest BCUT2D eigenvalue weighted by atomic mass is 10.3. The molecule has 0 aliphatic heterocycles. The SMILES string of the molecule is c1ccc(CNCCn2ccnc2)nc1. The van der Waals surface area contributed by atoms with Crippen LogP contribution in [0.15, 0.2) is 43.1 Å². The summed E-state index contributed by atoms with van der Waals surface area (Å²) < 4.78 is 2.05. The van der Waals surface area contributed by atoms with Crippen molar-refractivity contribution < 1.29 is 0 Å². The van der Waals surface area contributed by atoms with Crippen molar-refractivity contribution in [2.75, 3.05) is 6.54 Å². The standard InChI is InChI=1S/C11H14N4/c1-2-4-14-11(3-1)9-12-5-7-15-8-6-13-10-15/h1-4,6,8,10,12H,5,7,9H2. The maximum Gasteiger partial charge on any atom is 0.0946 e. The summed E-state index contributed by atoms with van der Waals surface area (Å²) in [5.74, 6) is 0. The van der Waals surface area contributed by atoms with Crippen molar-refractivity contribution in [2.45, 2.75) is 13.1 Å². The Balaban J connectivity index is 1.68. The zero-order chi connectivity index (χ0) is 10.3. The van der Waals surface area contributed by atoms with Gasteiger partial charge in [-0.15, -0.1) is 0 Å². The first-order valence-electron chi connectivity index (χ1n) is 5.01. The highest BCUT2D eigenvalue weighted by Crippen LogP contribution is 1.91. The van der Waals surface area contributed by atoms with E-state index in [2.05, 4.69) is 15.3 Å². The highest BCUT2D eigenvalue weighted by molar-refractivity contribution is 5.02. The topological polar surface area (TPSA) is 42.7 Å². The van der Waals surface area contributed by atoms with Gasteiger partial charge in [0.25, 0.3) is 0 Å². The van der Waals surface area contributed by atoms with Crippen LogP contribution < -0.4 is 5.32 Å². The molecule has 4 nitrogen and oxygen atoms in total. The fraction of sp³-hybridized carbons (Fsp3) is 0.273. The van der Waals surface area contributed by atoms with E-state index in [-0.39, 0.29) is 0 Å². The van der Waals surface area contributed by atoms with Crippen molar-refractivity contribution >= 4 is 0 Å². The average molecular weight is 202 g/mol. The van der Waals surface area contributed by atoms with E-state index in [0.29, 0.717) is 0 Å². The predicted molar refractivity (Wildman–Crippen MR) is 58.2 cm³/mol. The second-order valence-corrected chi connectivity index (χ2v) is 3.30. The summed E-state index contributed by atoms with van der Waals surface area (Å²) in [5, 5.41) is 3.33. The summed E-state index contributed by atoms with van der Waals surface area (Å²) in [6.07, 6.45) is 7.39. The number of hydrogen-bond acceptors (Lipinski definition) is 3. The molecule has 0 atom stereocenters. The fourth-order valence-electron chi connectivity index (χ4n) is 1.35. The summed E-state index contributed by atoms with van der Waals surface area (Å²) in [5.41, 5.74) is 1.07. The molecule has 2 aromatic heterocycles. The molecule has 78 valence electrons. The van der Waals surface area contributed by atoms with Gasteiger partial charge in [0, 0.05) is 38.2 Å². The minimum atomic E-state index is 0.815. The van der Waals surface area contributed by atoms with Gasteiger partial charge in [0.15, 0.2) is 0 Å². The summed E-state index contributed by atoms with van der Waals surface area (Å²) >= 11 is 0. The maximum atomic E-state index is 4.23. The highest BCUT2D eigenvalue weighted by atomic mass is 15.0. The van der Waals surface area contributed by atoms with Gasteiger partial charge in [-0.25, -0.2) is 4.98 Å². The smallest absolute Gasteiger partial charge is 0.0946 e. The molecule has 0 aromatic carbocycles. The second-order valence-electron chi connectivity index (χ2n) is 3.30. The molecule has 0 unspecified atom stereocenters. The summed E-state index contributed by atoms with van der Waals surface area (Å²) in [7, 11) is 0. The Morgan fingerprint density at radius 2 is 2.27 bits per heavy atom. The van der Waals surface area contributed by atoms with Gasteiger partial charge >= 0.3 is 0 Å². The number of aromatic nitrogens is 3. The average Bonchev–Trinajstić information content (AvgIpc) is 2.79. The third-order valence-corrected chi connectivity index (χ3v) is 2.14. The maximum absolute atomic E-state index is 4.23. The monoisotopic (exact) mass is 202 g/mol. The lowest BCUT2D eigenvalue weighted by Gasteiger charge is -2.04.